The Balaban J connectivity index is 1.71. The first-order valence-corrected chi connectivity index (χ1v) is 8.42. The van der Waals surface area contributed by atoms with Gasteiger partial charge < -0.3 is 0 Å². The van der Waals surface area contributed by atoms with E-state index in [-0.39, 0.29) is 5.91 Å². The molecule has 0 spiro atoms. The third kappa shape index (κ3) is 3.41. The fourth-order valence-corrected chi connectivity index (χ4v) is 3.60. The fraction of sp³-hybridized carbons (Fsp3) is 0.353. The maximum absolute atomic E-state index is 12.3. The highest BCUT2D eigenvalue weighted by molar-refractivity contribution is 7.15. The first-order chi connectivity index (χ1) is 11.1. The van der Waals surface area contributed by atoms with Crippen LogP contribution < -0.4 is 5.32 Å². The molecular weight excluding hydrogens is 308 g/mol. The zero-order valence-electron chi connectivity index (χ0n) is 13.2. The Morgan fingerprint density at radius 3 is 2.78 bits per heavy atom. The molecule has 0 atom stereocenters. The molecule has 6 heteroatoms. The van der Waals surface area contributed by atoms with Crippen LogP contribution in [0.1, 0.15) is 40.3 Å². The molecule has 0 unspecified atom stereocenters. The molecule has 0 saturated heterocycles. The molecule has 1 aliphatic heterocycles. The van der Waals surface area contributed by atoms with E-state index in [1.54, 1.807) is 35.6 Å². The number of benzene rings is 1. The number of fused-ring (bicyclic) bond motifs is 1. The summed E-state index contributed by atoms with van der Waals surface area (Å²) in [6.07, 6.45) is 0.927. The van der Waals surface area contributed by atoms with Gasteiger partial charge >= 0.3 is 0 Å². The number of thiazole rings is 1. The molecule has 3 rings (SSSR count). The molecule has 0 aliphatic carbocycles. The summed E-state index contributed by atoms with van der Waals surface area (Å²) in [5.41, 5.74) is 2.17. The highest BCUT2D eigenvalue weighted by Gasteiger charge is 2.22. The number of nitrogens with one attached hydrogen (secondary N) is 1. The number of hydrogen-bond donors (Lipinski definition) is 1. The molecule has 2 heterocycles. The first kappa shape index (κ1) is 15.7. The molecule has 0 bridgehead atoms. The van der Waals surface area contributed by atoms with Gasteiger partial charge in [0.25, 0.3) is 5.91 Å². The summed E-state index contributed by atoms with van der Waals surface area (Å²) >= 11 is 1.55. The highest BCUT2D eigenvalue weighted by Crippen LogP contribution is 2.29. The van der Waals surface area contributed by atoms with E-state index in [1.807, 2.05) is 6.07 Å². The number of nitriles is 1. The molecule has 23 heavy (non-hydrogen) atoms. The zero-order chi connectivity index (χ0) is 16.4. The lowest BCUT2D eigenvalue weighted by Crippen LogP contribution is -2.35. The zero-order valence-corrected chi connectivity index (χ0v) is 14.0. The van der Waals surface area contributed by atoms with Crippen LogP contribution in [0.4, 0.5) is 5.13 Å². The van der Waals surface area contributed by atoms with Crippen molar-refractivity contribution in [3.8, 4) is 6.07 Å². The summed E-state index contributed by atoms with van der Waals surface area (Å²) in [4.78, 5) is 20.5. The molecular formula is C17H18N4OS. The van der Waals surface area contributed by atoms with Crippen molar-refractivity contribution in [2.45, 2.75) is 32.9 Å². The molecule has 2 aromatic rings. The summed E-state index contributed by atoms with van der Waals surface area (Å²) in [6.45, 7) is 6.30. The van der Waals surface area contributed by atoms with E-state index >= 15 is 0 Å². The van der Waals surface area contributed by atoms with Gasteiger partial charge in [-0.1, -0.05) is 0 Å². The number of anilines is 1. The molecule has 1 aliphatic rings. The van der Waals surface area contributed by atoms with E-state index in [4.69, 9.17) is 5.26 Å². The third-order valence-corrected chi connectivity index (χ3v) is 4.99. The van der Waals surface area contributed by atoms with Gasteiger partial charge in [0.05, 0.1) is 17.3 Å². The average molecular weight is 326 g/mol. The van der Waals surface area contributed by atoms with Crippen molar-refractivity contribution in [1.29, 1.82) is 5.26 Å². The fourth-order valence-electron chi connectivity index (χ4n) is 2.57. The van der Waals surface area contributed by atoms with Gasteiger partial charge in [-0.3, -0.25) is 15.0 Å². The Bertz CT molecular complexity index is 758. The lowest BCUT2D eigenvalue weighted by Gasteiger charge is -2.29. The van der Waals surface area contributed by atoms with Crippen LogP contribution in [-0.4, -0.2) is 28.4 Å². The van der Waals surface area contributed by atoms with Crippen LogP contribution in [-0.2, 0) is 13.0 Å². The number of carbonyl (C=O) groups is 1. The molecule has 1 N–H and O–H groups in total. The SMILES string of the molecule is CC(C)N1CCc2nc(NC(=O)c3ccc(C#N)cc3)sc2C1. The maximum Gasteiger partial charge on any atom is 0.257 e. The second-order valence-electron chi connectivity index (χ2n) is 5.85. The Kier molecular flexibility index (Phi) is 4.42. The second kappa shape index (κ2) is 6.49. The number of hydrogen-bond acceptors (Lipinski definition) is 5. The molecule has 118 valence electrons. The van der Waals surface area contributed by atoms with Crippen molar-refractivity contribution in [2.24, 2.45) is 0 Å². The molecule has 5 nitrogen and oxygen atoms in total. The normalized spacial score (nSPS) is 14.3. The number of nitrogens with zero attached hydrogens (tertiary/aromatic N) is 3. The number of amides is 1. The topological polar surface area (TPSA) is 69.0 Å². The van der Waals surface area contributed by atoms with Gasteiger partial charge in [-0.15, -0.1) is 11.3 Å². The smallest absolute Gasteiger partial charge is 0.257 e. The van der Waals surface area contributed by atoms with Crippen LogP contribution in [0.3, 0.4) is 0 Å². The summed E-state index contributed by atoms with van der Waals surface area (Å²) < 4.78 is 0. The Morgan fingerprint density at radius 2 is 2.13 bits per heavy atom. The summed E-state index contributed by atoms with van der Waals surface area (Å²) in [5, 5.41) is 12.3. The van der Waals surface area contributed by atoms with Gasteiger partial charge in [-0.2, -0.15) is 5.26 Å². The van der Waals surface area contributed by atoms with E-state index < -0.39 is 0 Å². The largest absolute Gasteiger partial charge is 0.298 e. The van der Waals surface area contributed by atoms with E-state index in [9.17, 15) is 4.79 Å². The average Bonchev–Trinajstić information content (AvgIpc) is 2.96. The van der Waals surface area contributed by atoms with Crippen LogP contribution in [0.2, 0.25) is 0 Å². The minimum absolute atomic E-state index is 0.193. The second-order valence-corrected chi connectivity index (χ2v) is 6.93. The van der Waals surface area contributed by atoms with Gasteiger partial charge in [-0.25, -0.2) is 4.98 Å². The van der Waals surface area contributed by atoms with Crippen LogP contribution in [0.15, 0.2) is 24.3 Å². The molecule has 1 amide bonds. The van der Waals surface area contributed by atoms with Gasteiger partial charge in [-0.05, 0) is 38.1 Å². The Labute approximate surface area is 139 Å². The van der Waals surface area contributed by atoms with Crippen molar-refractivity contribution >= 4 is 22.4 Å². The summed E-state index contributed by atoms with van der Waals surface area (Å²) in [6, 6.07) is 9.15. The molecule has 0 radical (unpaired) electrons. The lowest BCUT2D eigenvalue weighted by molar-refractivity contribution is 0.102. The van der Waals surface area contributed by atoms with Crippen LogP contribution in [0.25, 0.3) is 0 Å². The monoisotopic (exact) mass is 326 g/mol. The minimum Gasteiger partial charge on any atom is -0.298 e. The minimum atomic E-state index is -0.193. The molecule has 1 aromatic carbocycles. The predicted molar refractivity (Wildman–Crippen MR) is 90.5 cm³/mol. The van der Waals surface area contributed by atoms with E-state index in [0.29, 0.717) is 22.3 Å². The van der Waals surface area contributed by atoms with Crippen molar-refractivity contribution in [3.05, 3.63) is 46.0 Å². The number of carbonyl (C=O) groups excluding carboxylic acids is 1. The Morgan fingerprint density at radius 1 is 1.39 bits per heavy atom. The van der Waals surface area contributed by atoms with Gasteiger partial charge in [0, 0.05) is 36.0 Å². The third-order valence-electron chi connectivity index (χ3n) is 3.99. The van der Waals surface area contributed by atoms with Crippen LogP contribution in [0.5, 0.6) is 0 Å². The number of rotatable bonds is 3. The van der Waals surface area contributed by atoms with Crippen molar-refractivity contribution in [3.63, 3.8) is 0 Å². The molecule has 0 saturated carbocycles. The first-order valence-electron chi connectivity index (χ1n) is 7.61. The molecule has 1 aromatic heterocycles. The van der Waals surface area contributed by atoms with Gasteiger partial charge in [0.2, 0.25) is 0 Å². The standard InChI is InChI=1S/C17H18N4OS/c1-11(2)21-8-7-14-15(10-21)23-17(19-14)20-16(22)13-5-3-12(9-18)4-6-13/h3-6,11H,7-8,10H2,1-2H3,(H,19,20,22). The van der Waals surface area contributed by atoms with Crippen LogP contribution in [0, 0.1) is 11.3 Å². The van der Waals surface area contributed by atoms with E-state index in [1.165, 1.54) is 4.88 Å². The number of aromatic nitrogens is 1. The van der Waals surface area contributed by atoms with Crippen molar-refractivity contribution in [1.82, 2.24) is 9.88 Å². The summed E-state index contributed by atoms with van der Waals surface area (Å²) in [7, 11) is 0. The van der Waals surface area contributed by atoms with Gasteiger partial charge in [0.1, 0.15) is 0 Å². The van der Waals surface area contributed by atoms with Crippen molar-refractivity contribution < 1.29 is 4.79 Å². The quantitative estimate of drug-likeness (QED) is 0.941. The lowest BCUT2D eigenvalue weighted by atomic mass is 10.1. The van der Waals surface area contributed by atoms with Crippen molar-refractivity contribution in [2.75, 3.05) is 11.9 Å². The Hall–Kier alpha value is -2.23. The van der Waals surface area contributed by atoms with E-state index in [0.717, 1.165) is 25.2 Å². The molecule has 0 fully saturated rings. The van der Waals surface area contributed by atoms with Gasteiger partial charge in [0.15, 0.2) is 5.13 Å². The van der Waals surface area contributed by atoms with E-state index in [2.05, 4.69) is 29.0 Å². The maximum atomic E-state index is 12.3. The van der Waals surface area contributed by atoms with Crippen LogP contribution >= 0.6 is 11.3 Å². The highest BCUT2D eigenvalue weighted by atomic mass is 32.1. The predicted octanol–water partition coefficient (Wildman–Crippen LogP) is 3.03. The summed E-state index contributed by atoms with van der Waals surface area (Å²) in [5.74, 6) is -0.193.